The largest absolute Gasteiger partial charge is 0.454 e. The smallest absolute Gasteiger partial charge is 0.287 e. The summed E-state index contributed by atoms with van der Waals surface area (Å²) in [6, 6.07) is 10.8. The number of ether oxygens (including phenoxy) is 3. The van der Waals surface area contributed by atoms with E-state index >= 15 is 0 Å². The van der Waals surface area contributed by atoms with Crippen molar-refractivity contribution < 1.29 is 23.8 Å². The molecular formula is C20H20N4O5. The van der Waals surface area contributed by atoms with Crippen LogP contribution in [0.3, 0.4) is 0 Å². The van der Waals surface area contributed by atoms with Crippen molar-refractivity contribution in [1.29, 1.82) is 0 Å². The Balaban J connectivity index is 1.52. The summed E-state index contributed by atoms with van der Waals surface area (Å²) < 4.78 is 17.2. The molecule has 0 fully saturated rings. The maximum atomic E-state index is 12.8. The summed E-state index contributed by atoms with van der Waals surface area (Å²) in [6.07, 6.45) is 1.70. The van der Waals surface area contributed by atoms with Gasteiger partial charge in [-0.25, -0.2) is 4.98 Å². The molecule has 9 heteroatoms. The molecule has 0 bridgehead atoms. The third-order valence-electron chi connectivity index (χ3n) is 4.45. The molecule has 0 spiro atoms. The van der Waals surface area contributed by atoms with Gasteiger partial charge in [-0.1, -0.05) is 12.1 Å². The highest BCUT2D eigenvalue weighted by atomic mass is 16.7. The number of benzene rings is 1. The van der Waals surface area contributed by atoms with Crippen molar-refractivity contribution in [1.82, 2.24) is 20.0 Å². The van der Waals surface area contributed by atoms with Crippen molar-refractivity contribution in [2.45, 2.75) is 6.54 Å². The van der Waals surface area contributed by atoms with Crippen molar-refractivity contribution >= 4 is 17.3 Å². The number of hydrogen-bond donors (Lipinski definition) is 2. The van der Waals surface area contributed by atoms with E-state index in [1.54, 1.807) is 42.0 Å². The number of nitrogens with one attached hydrogen (secondary N) is 2. The SMILES string of the molecule is COCCNC(=O)c1nc(C(=O)NCc2ccc3c(c2)OCO3)n2ccccc12. The van der Waals surface area contributed by atoms with Gasteiger partial charge in [-0.3, -0.25) is 14.0 Å². The van der Waals surface area contributed by atoms with Crippen LogP contribution in [0.15, 0.2) is 42.6 Å². The standard InChI is InChI=1S/C20H20N4O5/c1-27-9-7-21-19(25)17-14-4-2-3-8-24(14)18(23-17)20(26)22-11-13-5-6-15-16(10-13)29-12-28-15/h2-6,8,10H,7,9,11-12H2,1H3,(H,21,25)(H,22,26). The second-order valence-electron chi connectivity index (χ2n) is 6.36. The molecule has 4 rings (SSSR count). The predicted octanol–water partition coefficient (Wildman–Crippen LogP) is 1.37. The summed E-state index contributed by atoms with van der Waals surface area (Å²) >= 11 is 0. The highest BCUT2D eigenvalue weighted by Gasteiger charge is 2.21. The molecule has 0 saturated carbocycles. The van der Waals surface area contributed by atoms with Gasteiger partial charge in [0.05, 0.1) is 12.1 Å². The fraction of sp³-hybridized carbons (Fsp3) is 0.250. The number of imidazole rings is 1. The van der Waals surface area contributed by atoms with E-state index < -0.39 is 0 Å². The van der Waals surface area contributed by atoms with Crippen LogP contribution in [0.1, 0.15) is 26.7 Å². The minimum absolute atomic E-state index is 0.137. The summed E-state index contributed by atoms with van der Waals surface area (Å²) in [5.41, 5.74) is 1.60. The van der Waals surface area contributed by atoms with Gasteiger partial charge in [0.2, 0.25) is 12.6 Å². The molecular weight excluding hydrogens is 376 g/mol. The van der Waals surface area contributed by atoms with E-state index in [1.807, 2.05) is 12.1 Å². The lowest BCUT2D eigenvalue weighted by atomic mass is 10.2. The third kappa shape index (κ3) is 3.85. The highest BCUT2D eigenvalue weighted by Crippen LogP contribution is 2.32. The first-order valence-corrected chi connectivity index (χ1v) is 9.08. The van der Waals surface area contributed by atoms with Crippen LogP contribution < -0.4 is 20.1 Å². The maximum absolute atomic E-state index is 12.8. The van der Waals surface area contributed by atoms with Crippen LogP contribution in [-0.4, -0.2) is 48.3 Å². The molecule has 9 nitrogen and oxygen atoms in total. The number of amides is 2. The Morgan fingerprint density at radius 3 is 2.86 bits per heavy atom. The molecule has 2 N–H and O–H groups in total. The van der Waals surface area contributed by atoms with Gasteiger partial charge < -0.3 is 24.8 Å². The van der Waals surface area contributed by atoms with Crippen molar-refractivity contribution in [2.24, 2.45) is 0 Å². The Labute approximate surface area is 166 Å². The van der Waals surface area contributed by atoms with Gasteiger partial charge >= 0.3 is 0 Å². The number of pyridine rings is 1. The van der Waals surface area contributed by atoms with Crippen LogP contribution in [0.5, 0.6) is 11.5 Å². The Morgan fingerprint density at radius 2 is 2.00 bits per heavy atom. The van der Waals surface area contributed by atoms with E-state index in [0.717, 1.165) is 5.56 Å². The topological polar surface area (TPSA) is 103 Å². The number of hydrogen-bond acceptors (Lipinski definition) is 6. The van der Waals surface area contributed by atoms with Crippen LogP contribution >= 0.6 is 0 Å². The monoisotopic (exact) mass is 396 g/mol. The molecule has 29 heavy (non-hydrogen) atoms. The zero-order valence-corrected chi connectivity index (χ0v) is 15.8. The molecule has 1 aliphatic heterocycles. The van der Waals surface area contributed by atoms with Crippen molar-refractivity contribution in [2.75, 3.05) is 27.1 Å². The third-order valence-corrected chi connectivity index (χ3v) is 4.45. The number of aromatic nitrogens is 2. The van der Waals surface area contributed by atoms with E-state index in [4.69, 9.17) is 14.2 Å². The molecule has 2 aromatic heterocycles. The zero-order chi connectivity index (χ0) is 20.2. The van der Waals surface area contributed by atoms with Crippen molar-refractivity contribution in [3.63, 3.8) is 0 Å². The molecule has 0 radical (unpaired) electrons. The maximum Gasteiger partial charge on any atom is 0.287 e. The summed E-state index contributed by atoms with van der Waals surface area (Å²) in [5, 5.41) is 5.56. The first-order valence-electron chi connectivity index (χ1n) is 9.08. The summed E-state index contributed by atoms with van der Waals surface area (Å²) in [7, 11) is 1.56. The number of nitrogens with zero attached hydrogens (tertiary/aromatic N) is 2. The van der Waals surface area contributed by atoms with Crippen LogP contribution in [0.2, 0.25) is 0 Å². The van der Waals surface area contributed by atoms with Crippen LogP contribution in [0.4, 0.5) is 0 Å². The van der Waals surface area contributed by atoms with Gasteiger partial charge in [0, 0.05) is 26.4 Å². The lowest BCUT2D eigenvalue weighted by Gasteiger charge is -2.06. The van der Waals surface area contributed by atoms with Crippen LogP contribution in [0.25, 0.3) is 5.52 Å². The van der Waals surface area contributed by atoms with E-state index in [1.165, 1.54) is 0 Å². The fourth-order valence-electron chi connectivity index (χ4n) is 3.03. The summed E-state index contributed by atoms with van der Waals surface area (Å²) in [5.74, 6) is 0.722. The summed E-state index contributed by atoms with van der Waals surface area (Å²) in [4.78, 5) is 29.5. The molecule has 0 unspecified atom stereocenters. The number of methoxy groups -OCH3 is 1. The van der Waals surface area contributed by atoms with E-state index in [2.05, 4.69) is 15.6 Å². The first-order chi connectivity index (χ1) is 14.2. The van der Waals surface area contributed by atoms with Gasteiger partial charge in [-0.15, -0.1) is 0 Å². The van der Waals surface area contributed by atoms with Gasteiger partial charge in [0.15, 0.2) is 17.2 Å². The molecule has 1 aromatic carbocycles. The van der Waals surface area contributed by atoms with Crippen LogP contribution in [0, 0.1) is 0 Å². The fourth-order valence-corrected chi connectivity index (χ4v) is 3.03. The molecule has 0 atom stereocenters. The number of carbonyl (C=O) groups is 2. The first kappa shape index (κ1) is 18.8. The predicted molar refractivity (Wildman–Crippen MR) is 103 cm³/mol. The molecule has 0 aliphatic carbocycles. The Morgan fingerprint density at radius 1 is 1.14 bits per heavy atom. The molecule has 3 heterocycles. The molecule has 150 valence electrons. The van der Waals surface area contributed by atoms with Crippen molar-refractivity contribution in [3.05, 3.63) is 59.7 Å². The summed E-state index contributed by atoms with van der Waals surface area (Å²) in [6.45, 7) is 1.22. The minimum atomic E-state index is -0.389. The Kier molecular flexibility index (Phi) is 5.30. The number of carbonyl (C=O) groups excluding carboxylic acids is 2. The quantitative estimate of drug-likeness (QED) is 0.585. The second kappa shape index (κ2) is 8.19. The van der Waals surface area contributed by atoms with E-state index in [0.29, 0.717) is 30.2 Å². The van der Waals surface area contributed by atoms with Crippen molar-refractivity contribution in [3.8, 4) is 11.5 Å². The molecule has 0 saturated heterocycles. The van der Waals surface area contributed by atoms with E-state index in [9.17, 15) is 9.59 Å². The van der Waals surface area contributed by atoms with Gasteiger partial charge in [0.25, 0.3) is 11.8 Å². The average molecular weight is 396 g/mol. The lowest BCUT2D eigenvalue weighted by Crippen LogP contribution is -2.28. The van der Waals surface area contributed by atoms with Gasteiger partial charge in [-0.2, -0.15) is 0 Å². The normalized spacial score (nSPS) is 12.2. The Hall–Kier alpha value is -3.59. The zero-order valence-electron chi connectivity index (χ0n) is 15.8. The second-order valence-corrected chi connectivity index (χ2v) is 6.36. The molecule has 2 amide bonds. The number of fused-ring (bicyclic) bond motifs is 2. The lowest BCUT2D eigenvalue weighted by molar-refractivity contribution is 0.0934. The Bertz CT molecular complexity index is 1060. The van der Waals surface area contributed by atoms with Crippen LogP contribution in [-0.2, 0) is 11.3 Å². The van der Waals surface area contributed by atoms with Gasteiger partial charge in [0.1, 0.15) is 0 Å². The van der Waals surface area contributed by atoms with Gasteiger partial charge in [-0.05, 0) is 29.8 Å². The number of rotatable bonds is 7. The average Bonchev–Trinajstić information content (AvgIpc) is 3.36. The minimum Gasteiger partial charge on any atom is -0.454 e. The van der Waals surface area contributed by atoms with E-state index in [-0.39, 0.29) is 36.7 Å². The molecule has 1 aliphatic rings. The molecule has 3 aromatic rings. The highest BCUT2D eigenvalue weighted by molar-refractivity contribution is 6.02.